The topological polar surface area (TPSA) is 73.1 Å². The number of rotatable bonds is 7. The van der Waals surface area contributed by atoms with Crippen molar-refractivity contribution in [2.45, 2.75) is 53.0 Å². The summed E-state index contributed by atoms with van der Waals surface area (Å²) in [6.45, 7) is 7.47. The second-order valence-corrected chi connectivity index (χ2v) is 8.36. The fourth-order valence-corrected chi connectivity index (χ4v) is 3.65. The second kappa shape index (κ2) is 12.7. The Morgan fingerprint density at radius 1 is 1.14 bits per heavy atom. The molecule has 0 bridgehead atoms. The maximum Gasteiger partial charge on any atom is 0.225 e. The molecule has 184 valence electrons. The van der Waals surface area contributed by atoms with Crippen molar-refractivity contribution in [1.82, 2.24) is 19.7 Å². The Hall–Kier alpha value is -3.73. The quantitative estimate of drug-likeness (QED) is 0.462. The van der Waals surface area contributed by atoms with Gasteiger partial charge in [-0.1, -0.05) is 13.3 Å². The van der Waals surface area contributed by atoms with Crippen LogP contribution >= 0.6 is 0 Å². The Kier molecular flexibility index (Phi) is 9.36. The number of aryl methyl sites for hydroxylation is 2. The van der Waals surface area contributed by atoms with Gasteiger partial charge in [0.2, 0.25) is 5.95 Å². The Labute approximate surface area is 206 Å². The minimum atomic E-state index is -0.217. The zero-order valence-corrected chi connectivity index (χ0v) is 20.8. The summed E-state index contributed by atoms with van der Waals surface area (Å²) in [5.41, 5.74) is 3.31. The van der Waals surface area contributed by atoms with Crippen LogP contribution in [0.4, 0.5) is 10.3 Å². The zero-order chi connectivity index (χ0) is 25.2. The van der Waals surface area contributed by atoms with Crippen molar-refractivity contribution < 1.29 is 13.9 Å². The van der Waals surface area contributed by atoms with Gasteiger partial charge < -0.3 is 9.64 Å². The van der Waals surface area contributed by atoms with E-state index in [1.165, 1.54) is 6.07 Å². The Morgan fingerprint density at radius 2 is 1.83 bits per heavy atom. The predicted octanol–water partition coefficient (Wildman–Crippen LogP) is 4.63. The van der Waals surface area contributed by atoms with Gasteiger partial charge >= 0.3 is 0 Å². The molecule has 7 nitrogen and oxygen atoms in total. The van der Waals surface area contributed by atoms with E-state index in [-0.39, 0.29) is 18.1 Å². The number of Topliss-reactive ketones (excluding diaryl/α,β-unsaturated/α-hetero) is 1. The van der Waals surface area contributed by atoms with Crippen LogP contribution in [0, 0.1) is 24.6 Å². The van der Waals surface area contributed by atoms with E-state index in [1.807, 2.05) is 6.07 Å². The number of ether oxygens (including phenoxy) is 1. The van der Waals surface area contributed by atoms with E-state index in [9.17, 15) is 9.18 Å². The molecule has 0 N–H and O–H groups in total. The normalized spacial score (nSPS) is 12.7. The summed E-state index contributed by atoms with van der Waals surface area (Å²) in [7, 11) is 1.61. The third-order valence-corrected chi connectivity index (χ3v) is 5.47. The van der Waals surface area contributed by atoms with E-state index in [0.717, 1.165) is 61.7 Å². The van der Waals surface area contributed by atoms with Crippen molar-refractivity contribution in [1.29, 1.82) is 0 Å². The van der Waals surface area contributed by atoms with Crippen LogP contribution in [0.2, 0.25) is 0 Å². The van der Waals surface area contributed by atoms with Crippen LogP contribution in [-0.2, 0) is 17.8 Å². The Morgan fingerprint density at radius 3 is 2.40 bits per heavy atom. The Balaban J connectivity index is 0.000000203. The molecule has 0 fully saturated rings. The molecule has 8 heteroatoms. The van der Waals surface area contributed by atoms with E-state index in [1.54, 1.807) is 50.2 Å². The molecular formula is C27H32FN5O2. The largest absolute Gasteiger partial charge is 0.494 e. The molecule has 2 aromatic heterocycles. The van der Waals surface area contributed by atoms with E-state index in [0.29, 0.717) is 11.3 Å². The van der Waals surface area contributed by atoms with Gasteiger partial charge in [-0.15, -0.1) is 11.8 Å². The summed E-state index contributed by atoms with van der Waals surface area (Å²) in [5.74, 6) is 7.49. The number of hydrogen-bond acceptors (Lipinski definition) is 6. The van der Waals surface area contributed by atoms with Gasteiger partial charge in [0.15, 0.2) is 11.5 Å². The number of carbonyl (C=O) groups is 1. The van der Waals surface area contributed by atoms with Crippen LogP contribution in [0.25, 0.3) is 11.3 Å². The number of nitrogens with zero attached hydrogens (tertiary/aromatic N) is 5. The monoisotopic (exact) mass is 477 g/mol. The molecule has 1 aromatic carbocycles. The Bertz CT molecular complexity index is 1180. The van der Waals surface area contributed by atoms with Crippen LogP contribution in [0.5, 0.6) is 5.75 Å². The van der Waals surface area contributed by atoms with Crippen LogP contribution < -0.4 is 9.64 Å². The van der Waals surface area contributed by atoms with Gasteiger partial charge in [0.1, 0.15) is 5.82 Å². The van der Waals surface area contributed by atoms with Crippen LogP contribution in [0.3, 0.4) is 0 Å². The van der Waals surface area contributed by atoms with Gasteiger partial charge in [-0.05, 0) is 50.1 Å². The lowest BCUT2D eigenvalue weighted by Crippen LogP contribution is -2.26. The molecule has 35 heavy (non-hydrogen) atoms. The summed E-state index contributed by atoms with van der Waals surface area (Å²) in [6.07, 6.45) is 7.01. The van der Waals surface area contributed by atoms with Crippen molar-refractivity contribution in [2.75, 3.05) is 25.1 Å². The number of methoxy groups -OCH3 is 1. The zero-order valence-electron chi connectivity index (χ0n) is 20.8. The van der Waals surface area contributed by atoms with Gasteiger partial charge in [-0.3, -0.25) is 9.48 Å². The first-order chi connectivity index (χ1) is 16.9. The summed E-state index contributed by atoms with van der Waals surface area (Å²) >= 11 is 0. The smallest absolute Gasteiger partial charge is 0.225 e. The third-order valence-electron chi connectivity index (χ3n) is 5.47. The molecule has 4 rings (SSSR count). The average Bonchev–Trinajstić information content (AvgIpc) is 3.05. The molecule has 1 aliphatic heterocycles. The highest BCUT2D eigenvalue weighted by Crippen LogP contribution is 2.22. The van der Waals surface area contributed by atoms with E-state index in [2.05, 4.69) is 38.7 Å². The molecule has 1 aliphatic rings. The first kappa shape index (κ1) is 25.9. The van der Waals surface area contributed by atoms with E-state index >= 15 is 0 Å². The molecular weight excluding hydrogens is 445 g/mol. The van der Waals surface area contributed by atoms with Gasteiger partial charge in [-0.25, -0.2) is 14.4 Å². The van der Waals surface area contributed by atoms with E-state index < -0.39 is 0 Å². The van der Waals surface area contributed by atoms with Gasteiger partial charge in [0.05, 0.1) is 31.7 Å². The van der Waals surface area contributed by atoms with Gasteiger partial charge in [0.25, 0.3) is 0 Å². The SMILES string of the molecule is CCCc1cc(-c2ccc(F)c(C)c2)nn1CC(C)=O.COc1cnc(N2CCC#CCC2)nc1. The van der Waals surface area contributed by atoms with Crippen molar-refractivity contribution in [2.24, 2.45) is 0 Å². The first-order valence-corrected chi connectivity index (χ1v) is 11.8. The molecule has 3 heterocycles. The average molecular weight is 478 g/mol. The van der Waals surface area contributed by atoms with Crippen molar-refractivity contribution >= 4 is 11.7 Å². The first-order valence-electron chi connectivity index (χ1n) is 11.8. The number of hydrogen-bond donors (Lipinski definition) is 0. The summed E-state index contributed by atoms with van der Waals surface area (Å²) in [5, 5.41) is 4.48. The molecule has 0 saturated heterocycles. The van der Waals surface area contributed by atoms with E-state index in [4.69, 9.17) is 4.74 Å². The predicted molar refractivity (Wildman–Crippen MR) is 135 cm³/mol. The summed E-state index contributed by atoms with van der Waals surface area (Å²) < 4.78 is 20.1. The molecule has 0 atom stereocenters. The molecule has 0 radical (unpaired) electrons. The third kappa shape index (κ3) is 7.38. The van der Waals surface area contributed by atoms with Crippen molar-refractivity contribution in [3.63, 3.8) is 0 Å². The summed E-state index contributed by atoms with van der Waals surface area (Å²) in [4.78, 5) is 21.9. The maximum absolute atomic E-state index is 13.3. The highest BCUT2D eigenvalue weighted by atomic mass is 19.1. The number of benzene rings is 1. The molecule has 0 amide bonds. The second-order valence-electron chi connectivity index (χ2n) is 8.36. The number of aromatic nitrogens is 4. The molecule has 0 unspecified atom stereocenters. The maximum atomic E-state index is 13.3. The fourth-order valence-electron chi connectivity index (χ4n) is 3.65. The molecule has 3 aromatic rings. The van der Waals surface area contributed by atoms with Gasteiger partial charge in [0, 0.05) is 37.2 Å². The lowest BCUT2D eigenvalue weighted by molar-refractivity contribution is -0.117. The highest BCUT2D eigenvalue weighted by Gasteiger charge is 2.12. The molecule has 0 spiro atoms. The number of carbonyl (C=O) groups excluding carboxylic acids is 1. The van der Waals surface area contributed by atoms with Crippen molar-refractivity contribution in [3.05, 3.63) is 53.7 Å². The van der Waals surface area contributed by atoms with Gasteiger partial charge in [-0.2, -0.15) is 5.10 Å². The lowest BCUT2D eigenvalue weighted by Gasteiger charge is -2.19. The minimum Gasteiger partial charge on any atom is -0.494 e. The van der Waals surface area contributed by atoms with Crippen LogP contribution in [0.1, 0.15) is 44.4 Å². The minimum absolute atomic E-state index is 0.0762. The number of anilines is 1. The van der Waals surface area contributed by atoms with Crippen LogP contribution in [-0.4, -0.2) is 45.7 Å². The number of ketones is 1. The summed E-state index contributed by atoms with van der Waals surface area (Å²) in [6, 6.07) is 6.94. The van der Waals surface area contributed by atoms with Crippen molar-refractivity contribution in [3.8, 4) is 28.8 Å². The molecule has 0 saturated carbocycles. The lowest BCUT2D eigenvalue weighted by atomic mass is 10.1. The number of halogens is 1. The van der Waals surface area contributed by atoms with Crippen LogP contribution in [0.15, 0.2) is 36.7 Å². The molecule has 0 aliphatic carbocycles. The standard InChI is InChI=1S/C16H19FN2O.C11H13N3O/c1-4-5-14-9-16(18-19(14)10-12(3)20)13-6-7-15(17)11(2)8-13;1-15-10-8-12-11(13-9-10)14-6-4-2-3-5-7-14/h6-9H,4-5,10H2,1-3H3;8-9H,4-7H2,1H3. The highest BCUT2D eigenvalue weighted by molar-refractivity contribution is 5.75. The fraction of sp³-hybridized carbons (Fsp3) is 0.407.